The van der Waals surface area contributed by atoms with Crippen LogP contribution < -0.4 is 0 Å². The van der Waals surface area contributed by atoms with Crippen molar-refractivity contribution in [2.75, 3.05) is 0 Å². The standard InChI is InChI=1S/C17H15NO/c1-12-5-2-3-8-15(12)16(19)11-14-7-4-6-13-9-10-18-17(13)14/h2-10,18H,11H2,1H3. The fourth-order valence-electron chi connectivity index (χ4n) is 2.45. The predicted octanol–water partition coefficient (Wildman–Crippen LogP) is 3.90. The van der Waals surface area contributed by atoms with Crippen LogP contribution in [0, 0.1) is 6.92 Å². The Bertz CT molecular complexity index is 740. The molecule has 94 valence electrons. The lowest BCUT2D eigenvalue weighted by atomic mass is 9.98. The molecule has 0 unspecified atom stereocenters. The second-order valence-electron chi connectivity index (χ2n) is 4.77. The summed E-state index contributed by atoms with van der Waals surface area (Å²) in [6.07, 6.45) is 2.34. The predicted molar refractivity (Wildman–Crippen MR) is 77.5 cm³/mol. The van der Waals surface area contributed by atoms with Crippen molar-refractivity contribution < 1.29 is 4.79 Å². The van der Waals surface area contributed by atoms with Gasteiger partial charge in [-0.25, -0.2) is 0 Å². The molecular formula is C17H15NO. The van der Waals surface area contributed by atoms with E-state index in [1.807, 2.05) is 61.7 Å². The van der Waals surface area contributed by atoms with Crippen LogP contribution >= 0.6 is 0 Å². The highest BCUT2D eigenvalue weighted by atomic mass is 16.1. The second-order valence-corrected chi connectivity index (χ2v) is 4.77. The van der Waals surface area contributed by atoms with Crippen molar-refractivity contribution in [3.05, 3.63) is 71.4 Å². The Morgan fingerprint density at radius 3 is 2.74 bits per heavy atom. The van der Waals surface area contributed by atoms with E-state index in [-0.39, 0.29) is 5.78 Å². The Hall–Kier alpha value is -2.35. The summed E-state index contributed by atoms with van der Waals surface area (Å²) >= 11 is 0. The minimum absolute atomic E-state index is 0.167. The third kappa shape index (κ3) is 2.17. The highest BCUT2D eigenvalue weighted by molar-refractivity contribution is 6.00. The minimum atomic E-state index is 0.167. The highest BCUT2D eigenvalue weighted by Gasteiger charge is 2.11. The molecule has 19 heavy (non-hydrogen) atoms. The van der Waals surface area contributed by atoms with Gasteiger partial charge in [-0.15, -0.1) is 0 Å². The highest BCUT2D eigenvalue weighted by Crippen LogP contribution is 2.19. The third-order valence-electron chi connectivity index (χ3n) is 3.47. The van der Waals surface area contributed by atoms with Crippen molar-refractivity contribution in [1.29, 1.82) is 0 Å². The smallest absolute Gasteiger partial charge is 0.167 e. The van der Waals surface area contributed by atoms with Crippen molar-refractivity contribution in [2.24, 2.45) is 0 Å². The zero-order chi connectivity index (χ0) is 13.2. The molecule has 0 atom stereocenters. The number of Topliss-reactive ketones (excluding diaryl/α,β-unsaturated/α-hetero) is 1. The minimum Gasteiger partial charge on any atom is -0.361 e. The van der Waals surface area contributed by atoms with E-state index in [0.29, 0.717) is 6.42 Å². The molecule has 0 aliphatic carbocycles. The van der Waals surface area contributed by atoms with E-state index in [0.717, 1.165) is 27.6 Å². The molecule has 3 rings (SSSR count). The number of aryl methyl sites for hydroxylation is 1. The van der Waals surface area contributed by atoms with E-state index in [1.54, 1.807) is 0 Å². The molecule has 0 fully saturated rings. The number of benzene rings is 2. The fourth-order valence-corrected chi connectivity index (χ4v) is 2.45. The van der Waals surface area contributed by atoms with Gasteiger partial charge in [-0.05, 0) is 29.5 Å². The van der Waals surface area contributed by atoms with E-state index >= 15 is 0 Å². The van der Waals surface area contributed by atoms with Crippen LogP contribution in [0.1, 0.15) is 21.5 Å². The molecule has 2 heteroatoms. The maximum Gasteiger partial charge on any atom is 0.167 e. The molecule has 1 heterocycles. The van der Waals surface area contributed by atoms with Gasteiger partial charge in [-0.2, -0.15) is 0 Å². The number of aromatic nitrogens is 1. The van der Waals surface area contributed by atoms with Crippen LogP contribution in [0.5, 0.6) is 0 Å². The molecule has 2 nitrogen and oxygen atoms in total. The van der Waals surface area contributed by atoms with E-state index in [1.165, 1.54) is 0 Å². The van der Waals surface area contributed by atoms with Crippen molar-refractivity contribution in [1.82, 2.24) is 4.98 Å². The lowest BCUT2D eigenvalue weighted by Gasteiger charge is -2.06. The fraction of sp³-hybridized carbons (Fsp3) is 0.118. The van der Waals surface area contributed by atoms with Gasteiger partial charge in [0.05, 0.1) is 0 Å². The number of H-pyrrole nitrogens is 1. The van der Waals surface area contributed by atoms with Crippen LogP contribution in [0.15, 0.2) is 54.7 Å². The molecule has 2 aromatic carbocycles. The van der Waals surface area contributed by atoms with Gasteiger partial charge >= 0.3 is 0 Å². The van der Waals surface area contributed by atoms with E-state index in [2.05, 4.69) is 4.98 Å². The molecular weight excluding hydrogens is 234 g/mol. The van der Waals surface area contributed by atoms with Crippen LogP contribution in [0.2, 0.25) is 0 Å². The molecule has 0 aliphatic heterocycles. The number of ketones is 1. The molecule has 1 aromatic heterocycles. The molecule has 0 amide bonds. The van der Waals surface area contributed by atoms with Gasteiger partial charge in [0.15, 0.2) is 5.78 Å². The normalized spacial score (nSPS) is 10.8. The van der Waals surface area contributed by atoms with Crippen LogP contribution in [0.3, 0.4) is 0 Å². The second kappa shape index (κ2) is 4.73. The maximum absolute atomic E-state index is 12.4. The summed E-state index contributed by atoms with van der Waals surface area (Å²) in [7, 11) is 0. The molecule has 0 spiro atoms. The maximum atomic E-state index is 12.4. The van der Waals surface area contributed by atoms with E-state index in [4.69, 9.17) is 0 Å². The average molecular weight is 249 g/mol. The molecule has 0 radical (unpaired) electrons. The van der Waals surface area contributed by atoms with Gasteiger partial charge in [0.2, 0.25) is 0 Å². The van der Waals surface area contributed by atoms with Gasteiger partial charge in [-0.3, -0.25) is 4.79 Å². The molecule has 0 aliphatic rings. The summed E-state index contributed by atoms with van der Waals surface area (Å²) in [4.78, 5) is 15.6. The number of fused-ring (bicyclic) bond motifs is 1. The lowest BCUT2D eigenvalue weighted by molar-refractivity contribution is 0.0992. The van der Waals surface area contributed by atoms with Gasteiger partial charge in [0.1, 0.15) is 0 Å². The Morgan fingerprint density at radius 2 is 1.89 bits per heavy atom. The number of carbonyl (C=O) groups excluding carboxylic acids is 1. The number of hydrogen-bond acceptors (Lipinski definition) is 1. The van der Waals surface area contributed by atoms with Crippen molar-refractivity contribution in [3.8, 4) is 0 Å². The molecule has 1 N–H and O–H groups in total. The number of carbonyl (C=O) groups is 1. The number of nitrogens with one attached hydrogen (secondary N) is 1. The summed E-state index contributed by atoms with van der Waals surface area (Å²) in [5.74, 6) is 0.167. The lowest BCUT2D eigenvalue weighted by Crippen LogP contribution is -2.05. The van der Waals surface area contributed by atoms with E-state index in [9.17, 15) is 4.79 Å². The summed E-state index contributed by atoms with van der Waals surface area (Å²) in [5, 5.41) is 1.15. The average Bonchev–Trinajstić information content (AvgIpc) is 2.88. The number of hydrogen-bond donors (Lipinski definition) is 1. The largest absolute Gasteiger partial charge is 0.361 e. The Morgan fingerprint density at radius 1 is 1.05 bits per heavy atom. The molecule has 3 aromatic rings. The van der Waals surface area contributed by atoms with Crippen molar-refractivity contribution >= 4 is 16.7 Å². The van der Waals surface area contributed by atoms with Crippen molar-refractivity contribution in [3.63, 3.8) is 0 Å². The first-order valence-corrected chi connectivity index (χ1v) is 6.39. The van der Waals surface area contributed by atoms with E-state index < -0.39 is 0 Å². The van der Waals surface area contributed by atoms with Crippen LogP contribution in [0.4, 0.5) is 0 Å². The molecule has 0 saturated heterocycles. The van der Waals surface area contributed by atoms with Crippen LogP contribution in [-0.4, -0.2) is 10.8 Å². The number of para-hydroxylation sites is 1. The first-order chi connectivity index (χ1) is 9.25. The Kier molecular flexibility index (Phi) is 2.92. The zero-order valence-electron chi connectivity index (χ0n) is 10.8. The Labute approximate surface area is 112 Å². The summed E-state index contributed by atoms with van der Waals surface area (Å²) in [6, 6.07) is 15.8. The van der Waals surface area contributed by atoms with Crippen LogP contribution in [0.25, 0.3) is 10.9 Å². The zero-order valence-corrected chi connectivity index (χ0v) is 10.8. The quantitative estimate of drug-likeness (QED) is 0.701. The first-order valence-electron chi connectivity index (χ1n) is 6.39. The van der Waals surface area contributed by atoms with Gasteiger partial charge in [0, 0.05) is 23.7 Å². The van der Waals surface area contributed by atoms with Gasteiger partial charge in [-0.1, -0.05) is 42.5 Å². The van der Waals surface area contributed by atoms with Gasteiger partial charge in [0.25, 0.3) is 0 Å². The molecule has 0 saturated carbocycles. The topological polar surface area (TPSA) is 32.9 Å². The Balaban J connectivity index is 1.95. The first kappa shape index (κ1) is 11.7. The monoisotopic (exact) mass is 249 g/mol. The third-order valence-corrected chi connectivity index (χ3v) is 3.47. The SMILES string of the molecule is Cc1ccccc1C(=O)Cc1cccc2cc[nH]c12. The number of aromatic amines is 1. The van der Waals surface area contributed by atoms with Crippen LogP contribution in [-0.2, 0) is 6.42 Å². The summed E-state index contributed by atoms with van der Waals surface area (Å²) in [5.41, 5.74) is 3.96. The molecule has 0 bridgehead atoms. The van der Waals surface area contributed by atoms with Crippen molar-refractivity contribution in [2.45, 2.75) is 13.3 Å². The summed E-state index contributed by atoms with van der Waals surface area (Å²) in [6.45, 7) is 1.97. The van der Waals surface area contributed by atoms with Gasteiger partial charge < -0.3 is 4.98 Å². The number of rotatable bonds is 3. The summed E-state index contributed by atoms with van der Waals surface area (Å²) < 4.78 is 0.